The number of rotatable bonds is 5. The average Bonchev–Trinajstić information content (AvgIpc) is 2.85. The van der Waals surface area contributed by atoms with Crippen LogP contribution in [0.2, 0.25) is 0 Å². The van der Waals surface area contributed by atoms with Crippen molar-refractivity contribution in [1.82, 2.24) is 9.80 Å². The van der Waals surface area contributed by atoms with Crippen LogP contribution in [0.3, 0.4) is 0 Å². The molecule has 7 nitrogen and oxygen atoms in total. The van der Waals surface area contributed by atoms with Crippen LogP contribution in [0.15, 0.2) is 18.2 Å². The Morgan fingerprint density at radius 1 is 1.18 bits per heavy atom. The first-order chi connectivity index (χ1) is 16.3. The van der Waals surface area contributed by atoms with Crippen LogP contribution in [0, 0.1) is 11.8 Å². The molecule has 0 radical (unpaired) electrons. The number of hydrogen-bond acceptors (Lipinski definition) is 5. The van der Waals surface area contributed by atoms with Gasteiger partial charge in [-0.05, 0) is 49.8 Å². The number of carbonyl (C=O) groups excluding carboxylic acids is 2. The van der Waals surface area contributed by atoms with Crippen molar-refractivity contribution in [3.63, 3.8) is 0 Å². The summed E-state index contributed by atoms with van der Waals surface area (Å²) in [7, 11) is 3.53. The Kier molecular flexibility index (Phi) is 9.77. The number of fused-ring (bicyclic) bond motifs is 1. The van der Waals surface area contributed by atoms with Crippen molar-refractivity contribution in [1.29, 1.82) is 0 Å². The molecule has 2 aliphatic rings. The second-order valence-electron chi connectivity index (χ2n) is 10.2. The van der Waals surface area contributed by atoms with Crippen molar-refractivity contribution < 1.29 is 19.1 Å². The minimum atomic E-state index is -0.135. The molecule has 1 fully saturated rings. The Morgan fingerprint density at radius 3 is 2.59 bits per heavy atom. The molecule has 1 N–H and O–H groups in total. The summed E-state index contributed by atoms with van der Waals surface area (Å²) in [4.78, 5) is 29.6. The highest BCUT2D eigenvalue weighted by molar-refractivity contribution is 5.99. The number of hydrogen-bond donors (Lipinski definition) is 1. The lowest BCUT2D eigenvalue weighted by Crippen LogP contribution is -2.48. The molecule has 34 heavy (non-hydrogen) atoms. The molecule has 3 atom stereocenters. The number of ether oxygens (including phenoxy) is 2. The zero-order valence-corrected chi connectivity index (χ0v) is 21.6. The highest BCUT2D eigenvalue weighted by Gasteiger charge is 2.29. The maximum Gasteiger partial charge on any atom is 0.257 e. The zero-order chi connectivity index (χ0) is 24.7. The summed E-state index contributed by atoms with van der Waals surface area (Å²) >= 11 is 0. The fourth-order valence-electron chi connectivity index (χ4n) is 5.13. The monoisotopic (exact) mass is 473 g/mol. The smallest absolute Gasteiger partial charge is 0.257 e. The minimum Gasteiger partial charge on any atom is -0.491 e. The van der Waals surface area contributed by atoms with Gasteiger partial charge >= 0.3 is 0 Å². The first kappa shape index (κ1) is 26.5. The predicted molar refractivity (Wildman–Crippen MR) is 135 cm³/mol. The van der Waals surface area contributed by atoms with E-state index in [2.05, 4.69) is 24.1 Å². The van der Waals surface area contributed by atoms with Gasteiger partial charge in [0.05, 0.1) is 11.7 Å². The molecule has 1 aliphatic carbocycles. The van der Waals surface area contributed by atoms with E-state index in [4.69, 9.17) is 9.47 Å². The van der Waals surface area contributed by atoms with E-state index in [1.54, 1.807) is 44.2 Å². The van der Waals surface area contributed by atoms with Crippen LogP contribution in [0.4, 0.5) is 5.69 Å². The Hall–Kier alpha value is -2.12. The molecule has 0 spiro atoms. The van der Waals surface area contributed by atoms with Crippen molar-refractivity contribution in [3.8, 4) is 5.75 Å². The Balaban J connectivity index is 1.88. The molecule has 0 aromatic heterocycles. The van der Waals surface area contributed by atoms with Gasteiger partial charge in [0.2, 0.25) is 5.91 Å². The van der Waals surface area contributed by atoms with Gasteiger partial charge in [0.15, 0.2) is 0 Å². The molecule has 3 rings (SSSR count). The summed E-state index contributed by atoms with van der Waals surface area (Å²) < 4.78 is 12.1. The first-order valence-electron chi connectivity index (χ1n) is 12.9. The third kappa shape index (κ3) is 6.95. The van der Waals surface area contributed by atoms with Crippen molar-refractivity contribution in [2.75, 3.05) is 45.7 Å². The van der Waals surface area contributed by atoms with Crippen molar-refractivity contribution in [2.24, 2.45) is 11.8 Å². The quantitative estimate of drug-likeness (QED) is 0.685. The molecule has 2 amide bonds. The van der Waals surface area contributed by atoms with Crippen LogP contribution in [0.25, 0.3) is 0 Å². The van der Waals surface area contributed by atoms with Gasteiger partial charge in [0.1, 0.15) is 12.4 Å². The van der Waals surface area contributed by atoms with Crippen LogP contribution in [-0.2, 0) is 9.53 Å². The lowest BCUT2D eigenvalue weighted by Gasteiger charge is -2.38. The Bertz CT molecular complexity index is 824. The standard InChI is InChI=1S/C27H43N3O4/c1-6-26(31)28-22-12-13-24-23(14-22)27(32)29(4)17-25(33-5)19(2)15-30(20(3)18-34-24)16-21-10-8-7-9-11-21/h12-14,19-21,25H,6-11,15-18H2,1-5H3,(H,28,31)/t19-,20-,25+/m1/s1. The van der Waals surface area contributed by atoms with Crippen LogP contribution in [0.1, 0.15) is 69.7 Å². The van der Waals surface area contributed by atoms with Gasteiger partial charge in [-0.1, -0.05) is 33.1 Å². The van der Waals surface area contributed by atoms with E-state index >= 15 is 0 Å². The van der Waals surface area contributed by atoms with Crippen molar-refractivity contribution >= 4 is 17.5 Å². The van der Waals surface area contributed by atoms with Gasteiger partial charge in [0, 0.05) is 51.9 Å². The van der Waals surface area contributed by atoms with Gasteiger partial charge < -0.3 is 19.7 Å². The van der Waals surface area contributed by atoms with Crippen LogP contribution < -0.4 is 10.1 Å². The van der Waals surface area contributed by atoms with Gasteiger partial charge in [-0.2, -0.15) is 0 Å². The summed E-state index contributed by atoms with van der Waals surface area (Å²) in [5.41, 5.74) is 1.07. The van der Waals surface area contributed by atoms with Crippen LogP contribution >= 0.6 is 0 Å². The average molecular weight is 474 g/mol. The van der Waals surface area contributed by atoms with E-state index in [9.17, 15) is 9.59 Å². The SMILES string of the molecule is CCC(=O)Nc1ccc2c(c1)C(=O)N(C)C[C@H](OC)[C@H](C)CN(CC1CCCCC1)[C@H](C)CO2. The highest BCUT2D eigenvalue weighted by atomic mass is 16.5. The van der Waals surface area contributed by atoms with Gasteiger partial charge in [-0.3, -0.25) is 14.5 Å². The van der Waals surface area contributed by atoms with E-state index in [-0.39, 0.29) is 29.9 Å². The molecule has 1 saturated carbocycles. The minimum absolute atomic E-state index is 0.0678. The molecule has 1 aromatic rings. The van der Waals surface area contributed by atoms with Crippen molar-refractivity contribution in [2.45, 2.75) is 71.4 Å². The molecule has 1 aliphatic heterocycles. The number of likely N-dealkylation sites (N-methyl/N-ethyl adjacent to an activating group) is 1. The molecule has 1 heterocycles. The van der Waals surface area contributed by atoms with Gasteiger partial charge in [0.25, 0.3) is 5.91 Å². The molecule has 7 heteroatoms. The number of anilines is 1. The van der Waals surface area contributed by atoms with Gasteiger partial charge in [-0.15, -0.1) is 0 Å². The Morgan fingerprint density at radius 2 is 1.91 bits per heavy atom. The zero-order valence-electron chi connectivity index (χ0n) is 21.6. The lowest BCUT2D eigenvalue weighted by atomic mass is 9.88. The van der Waals surface area contributed by atoms with E-state index in [0.29, 0.717) is 36.6 Å². The fraction of sp³-hybridized carbons (Fsp3) is 0.704. The molecule has 0 bridgehead atoms. The van der Waals surface area contributed by atoms with E-state index in [1.165, 1.54) is 32.1 Å². The largest absolute Gasteiger partial charge is 0.491 e. The maximum atomic E-state index is 13.4. The summed E-state index contributed by atoms with van der Waals surface area (Å²) in [5.74, 6) is 1.33. The van der Waals surface area contributed by atoms with E-state index < -0.39 is 0 Å². The third-order valence-electron chi connectivity index (χ3n) is 7.40. The molecule has 0 unspecified atom stereocenters. The van der Waals surface area contributed by atoms with Crippen LogP contribution in [0.5, 0.6) is 5.75 Å². The number of amides is 2. The van der Waals surface area contributed by atoms with Crippen molar-refractivity contribution in [3.05, 3.63) is 23.8 Å². The van der Waals surface area contributed by atoms with Gasteiger partial charge in [-0.25, -0.2) is 0 Å². The second kappa shape index (κ2) is 12.5. The fourth-order valence-corrected chi connectivity index (χ4v) is 5.13. The number of methoxy groups -OCH3 is 1. The topological polar surface area (TPSA) is 71.1 Å². The lowest BCUT2D eigenvalue weighted by molar-refractivity contribution is -0.115. The number of nitrogens with one attached hydrogen (secondary N) is 1. The second-order valence-corrected chi connectivity index (χ2v) is 10.2. The number of nitrogens with zero attached hydrogens (tertiary/aromatic N) is 2. The van der Waals surface area contributed by atoms with Crippen LogP contribution in [-0.4, -0.2) is 74.2 Å². The normalized spacial score (nSPS) is 25.6. The summed E-state index contributed by atoms with van der Waals surface area (Å²) in [6.07, 6.45) is 6.94. The first-order valence-corrected chi connectivity index (χ1v) is 12.9. The number of carbonyl (C=O) groups is 2. The molecule has 190 valence electrons. The number of benzene rings is 1. The molecule has 0 saturated heterocycles. The predicted octanol–water partition coefficient (Wildman–Crippen LogP) is 4.42. The molecule has 1 aromatic carbocycles. The summed E-state index contributed by atoms with van der Waals surface area (Å²) in [5, 5.41) is 2.85. The molecular weight excluding hydrogens is 430 g/mol. The van der Waals surface area contributed by atoms with E-state index in [1.807, 2.05) is 0 Å². The highest BCUT2D eigenvalue weighted by Crippen LogP contribution is 2.28. The van der Waals surface area contributed by atoms with E-state index in [0.717, 1.165) is 19.0 Å². The molecular formula is C27H43N3O4. The summed E-state index contributed by atoms with van der Waals surface area (Å²) in [6, 6.07) is 5.54. The third-order valence-corrected chi connectivity index (χ3v) is 7.40. The Labute approximate surface area is 205 Å². The summed E-state index contributed by atoms with van der Waals surface area (Å²) in [6.45, 7) is 9.22. The maximum absolute atomic E-state index is 13.4.